The van der Waals surface area contributed by atoms with Crippen molar-refractivity contribution in [1.29, 1.82) is 0 Å². The minimum atomic E-state index is -4.64. The van der Waals surface area contributed by atoms with Gasteiger partial charge in [-0.05, 0) is 11.5 Å². The molecular weight excluding hydrogens is 415 g/mol. The molecular formula is C20H43O9P. The lowest BCUT2D eigenvalue weighted by molar-refractivity contribution is -0.700. The van der Waals surface area contributed by atoms with E-state index in [0.717, 1.165) is 19.1 Å². The van der Waals surface area contributed by atoms with Crippen LogP contribution in [0.3, 0.4) is 0 Å². The van der Waals surface area contributed by atoms with Gasteiger partial charge in [-0.1, -0.05) is 110 Å². The third-order valence-electron chi connectivity index (χ3n) is 4.29. The number of rotatable bonds is 22. The third kappa shape index (κ3) is 41.8. The van der Waals surface area contributed by atoms with E-state index in [1.165, 1.54) is 89.9 Å². The molecule has 0 fully saturated rings. The average Bonchev–Trinajstić information content (AvgIpc) is 2.68. The summed E-state index contributed by atoms with van der Waals surface area (Å²) in [5, 5.41) is 12.4. The maximum Gasteiger partial charge on any atom is 0.466 e. The van der Waals surface area contributed by atoms with E-state index >= 15 is 0 Å². The summed E-state index contributed by atoms with van der Waals surface area (Å²) in [6, 6.07) is 0. The van der Waals surface area contributed by atoms with Gasteiger partial charge in [0, 0.05) is 10.1 Å². The normalized spacial score (nSPS) is 11.1. The molecule has 182 valence electrons. The Hall–Kier alpha value is -0.510. The van der Waals surface area contributed by atoms with E-state index in [1.807, 2.05) is 0 Å². The molecule has 9 nitrogen and oxygen atoms in total. The lowest BCUT2D eigenvalue weighted by atomic mass is 10.0. The highest BCUT2D eigenvalue weighted by molar-refractivity contribution is 7.45. The SMILES string of the molecule is C=COOOOOCCCCCCCCCCCCCCCCCC.O=P(O)(O)O. The summed E-state index contributed by atoms with van der Waals surface area (Å²) in [6.07, 6.45) is 22.6. The van der Waals surface area contributed by atoms with Crippen LogP contribution >= 0.6 is 7.82 Å². The van der Waals surface area contributed by atoms with Gasteiger partial charge in [-0.3, -0.25) is 0 Å². The van der Waals surface area contributed by atoms with Crippen molar-refractivity contribution in [3.8, 4) is 0 Å². The molecule has 0 aliphatic heterocycles. The molecule has 0 aromatic heterocycles. The van der Waals surface area contributed by atoms with Gasteiger partial charge in [-0.15, -0.1) is 0 Å². The van der Waals surface area contributed by atoms with Crippen molar-refractivity contribution in [3.05, 3.63) is 12.8 Å². The van der Waals surface area contributed by atoms with Crippen LogP contribution in [-0.2, 0) is 29.5 Å². The average molecular weight is 459 g/mol. The smallest absolute Gasteiger partial charge is 0.315 e. The molecule has 0 aromatic rings. The molecule has 0 unspecified atom stereocenters. The first kappa shape index (κ1) is 31.7. The van der Waals surface area contributed by atoms with Crippen molar-refractivity contribution in [2.45, 2.75) is 110 Å². The molecule has 0 aromatic carbocycles. The first-order chi connectivity index (χ1) is 14.4. The minimum Gasteiger partial charge on any atom is -0.315 e. The topological polar surface area (TPSA) is 124 Å². The van der Waals surface area contributed by atoms with Crippen LogP contribution < -0.4 is 0 Å². The van der Waals surface area contributed by atoms with Gasteiger partial charge in [0.1, 0.15) is 6.26 Å². The zero-order valence-electron chi connectivity index (χ0n) is 18.5. The standard InChI is InChI=1S/C20H40O5.H3O4P/c1-3-5-6-7-8-9-10-11-12-13-14-15-16-17-18-19-20-22-24-25-23-21-4-2;1-5(2,3)4/h4H,2-3,5-20H2,1H3;(H3,1,2,3,4). The molecule has 0 aliphatic carbocycles. The molecule has 0 saturated heterocycles. The monoisotopic (exact) mass is 458 g/mol. The van der Waals surface area contributed by atoms with Crippen molar-refractivity contribution < 1.29 is 44.1 Å². The summed E-state index contributed by atoms with van der Waals surface area (Å²) in [7, 11) is -4.64. The van der Waals surface area contributed by atoms with Crippen LogP contribution in [0.15, 0.2) is 12.8 Å². The molecule has 10 heteroatoms. The van der Waals surface area contributed by atoms with Crippen LogP contribution in [0.4, 0.5) is 0 Å². The first-order valence-electron chi connectivity index (χ1n) is 11.1. The predicted molar refractivity (Wildman–Crippen MR) is 114 cm³/mol. The molecule has 3 N–H and O–H groups in total. The lowest BCUT2D eigenvalue weighted by Crippen LogP contribution is -1.99. The highest BCUT2D eigenvalue weighted by Crippen LogP contribution is 2.25. The number of unbranched alkanes of at least 4 members (excludes halogenated alkanes) is 15. The van der Waals surface area contributed by atoms with E-state index in [-0.39, 0.29) is 0 Å². The highest BCUT2D eigenvalue weighted by atomic mass is 31.2. The fourth-order valence-electron chi connectivity index (χ4n) is 2.82. The van der Waals surface area contributed by atoms with E-state index in [1.54, 1.807) is 0 Å². The van der Waals surface area contributed by atoms with E-state index in [9.17, 15) is 0 Å². The van der Waals surface area contributed by atoms with Crippen molar-refractivity contribution in [2.75, 3.05) is 6.61 Å². The second-order valence-corrected chi connectivity index (χ2v) is 8.13. The molecule has 0 heterocycles. The van der Waals surface area contributed by atoms with Crippen molar-refractivity contribution in [3.63, 3.8) is 0 Å². The van der Waals surface area contributed by atoms with Crippen molar-refractivity contribution in [2.24, 2.45) is 0 Å². The van der Waals surface area contributed by atoms with Gasteiger partial charge < -0.3 is 19.6 Å². The Bertz CT molecular complexity index is 369. The summed E-state index contributed by atoms with van der Waals surface area (Å²) >= 11 is 0. The Kier molecular flexibility index (Phi) is 28.0. The van der Waals surface area contributed by atoms with Crippen LogP contribution in [0.1, 0.15) is 110 Å². The zero-order valence-corrected chi connectivity index (χ0v) is 19.4. The van der Waals surface area contributed by atoms with Gasteiger partial charge in [0.25, 0.3) is 0 Å². The quantitative estimate of drug-likeness (QED) is 0.0571. The van der Waals surface area contributed by atoms with Crippen LogP contribution in [-0.4, -0.2) is 21.3 Å². The Labute approximate surface area is 181 Å². The van der Waals surface area contributed by atoms with Crippen LogP contribution in [0.2, 0.25) is 0 Å². The van der Waals surface area contributed by atoms with Crippen molar-refractivity contribution in [1.82, 2.24) is 0 Å². The summed E-state index contributed by atoms with van der Waals surface area (Å²) in [4.78, 5) is 30.5. The van der Waals surface area contributed by atoms with Gasteiger partial charge in [0.2, 0.25) is 0 Å². The van der Waals surface area contributed by atoms with Crippen LogP contribution in [0.5, 0.6) is 0 Å². The molecule has 0 atom stereocenters. The summed E-state index contributed by atoms with van der Waals surface area (Å²) in [5.74, 6) is 0. The van der Waals surface area contributed by atoms with E-state index in [4.69, 9.17) is 24.1 Å². The number of hydrogen-bond donors (Lipinski definition) is 3. The highest BCUT2D eigenvalue weighted by Gasteiger charge is 2.00. The van der Waals surface area contributed by atoms with E-state index in [2.05, 4.69) is 33.5 Å². The van der Waals surface area contributed by atoms with E-state index < -0.39 is 7.82 Å². The lowest BCUT2D eigenvalue weighted by Gasteiger charge is -2.03. The second-order valence-electron chi connectivity index (χ2n) is 7.11. The van der Waals surface area contributed by atoms with Crippen LogP contribution in [0.25, 0.3) is 0 Å². The Morgan fingerprint density at radius 3 is 1.40 bits per heavy atom. The first-order valence-corrected chi connectivity index (χ1v) is 12.7. The molecule has 0 spiro atoms. The van der Waals surface area contributed by atoms with Gasteiger partial charge >= 0.3 is 7.82 Å². The Morgan fingerprint density at radius 2 is 1.03 bits per heavy atom. The molecule has 0 aliphatic rings. The summed E-state index contributed by atoms with van der Waals surface area (Å²) < 4.78 is 8.88. The summed E-state index contributed by atoms with van der Waals surface area (Å²) in [6.45, 7) is 6.02. The molecule has 0 radical (unpaired) electrons. The number of phosphoric acid groups is 1. The minimum absolute atomic E-state index is 0.482. The van der Waals surface area contributed by atoms with Gasteiger partial charge in [0.05, 0.1) is 6.61 Å². The van der Waals surface area contributed by atoms with Crippen molar-refractivity contribution >= 4 is 7.82 Å². The third-order valence-corrected chi connectivity index (χ3v) is 4.29. The fraction of sp³-hybridized carbons (Fsp3) is 0.900. The predicted octanol–water partition coefficient (Wildman–Crippen LogP) is 6.21. The summed E-state index contributed by atoms with van der Waals surface area (Å²) in [5.41, 5.74) is 0. The molecule has 0 bridgehead atoms. The molecule has 30 heavy (non-hydrogen) atoms. The zero-order chi connectivity index (χ0) is 22.8. The molecule has 0 rings (SSSR count). The van der Waals surface area contributed by atoms with Gasteiger partial charge in [0.15, 0.2) is 0 Å². The van der Waals surface area contributed by atoms with Crippen LogP contribution in [0, 0.1) is 0 Å². The van der Waals surface area contributed by atoms with Gasteiger partial charge in [-0.25, -0.2) is 9.45 Å². The maximum absolute atomic E-state index is 8.88. The van der Waals surface area contributed by atoms with E-state index in [0.29, 0.717) is 6.61 Å². The molecule has 0 amide bonds. The van der Waals surface area contributed by atoms with Gasteiger partial charge in [-0.2, -0.15) is 0 Å². The Balaban J connectivity index is 0. The molecule has 0 saturated carbocycles. The second kappa shape index (κ2) is 26.5. The largest absolute Gasteiger partial charge is 0.466 e. The fourth-order valence-corrected chi connectivity index (χ4v) is 2.82. The maximum atomic E-state index is 8.88. The Morgan fingerprint density at radius 1 is 0.667 bits per heavy atom. The number of hydrogen-bond acceptors (Lipinski definition) is 6.